The van der Waals surface area contributed by atoms with Crippen molar-refractivity contribution in [3.8, 4) is 0 Å². The van der Waals surface area contributed by atoms with E-state index in [1.54, 1.807) is 24.3 Å². The number of hydrazine groups is 1. The first-order valence-electron chi connectivity index (χ1n) is 7.82. The summed E-state index contributed by atoms with van der Waals surface area (Å²) in [6, 6.07) is 6.68. The fourth-order valence-corrected chi connectivity index (χ4v) is 2.85. The highest BCUT2D eigenvalue weighted by Gasteiger charge is 2.17. The summed E-state index contributed by atoms with van der Waals surface area (Å²) in [5, 5.41) is 0.497. The molecule has 1 fully saturated rings. The molecule has 0 atom stereocenters. The van der Waals surface area contributed by atoms with Gasteiger partial charge in [0.1, 0.15) is 12.0 Å². The third-order valence-electron chi connectivity index (χ3n) is 3.90. The Morgan fingerprint density at radius 3 is 2.75 bits per heavy atom. The number of nitrogens with one attached hydrogen (secondary N) is 2. The van der Waals surface area contributed by atoms with Gasteiger partial charge in [0.25, 0.3) is 5.91 Å². The second-order valence-corrected chi connectivity index (χ2v) is 6.03. The first kappa shape index (κ1) is 16.3. The highest BCUT2D eigenvalue weighted by molar-refractivity contribution is 6.30. The van der Waals surface area contributed by atoms with Crippen LogP contribution >= 0.6 is 11.6 Å². The summed E-state index contributed by atoms with van der Waals surface area (Å²) in [4.78, 5) is 22.7. The van der Waals surface area contributed by atoms with E-state index in [0.717, 1.165) is 25.9 Å². The maximum Gasteiger partial charge on any atom is 0.269 e. The van der Waals surface area contributed by atoms with Gasteiger partial charge in [-0.05, 0) is 37.5 Å². The number of aromatic nitrogens is 2. The van der Waals surface area contributed by atoms with E-state index in [0.29, 0.717) is 27.9 Å². The van der Waals surface area contributed by atoms with Gasteiger partial charge in [0.05, 0.1) is 0 Å². The molecule has 0 aliphatic carbocycles. The van der Waals surface area contributed by atoms with E-state index < -0.39 is 0 Å². The van der Waals surface area contributed by atoms with E-state index in [1.165, 1.54) is 12.7 Å². The van der Waals surface area contributed by atoms with E-state index in [2.05, 4.69) is 25.7 Å². The van der Waals surface area contributed by atoms with Gasteiger partial charge in [-0.3, -0.25) is 15.6 Å². The minimum absolute atomic E-state index is 0.324. The average molecular weight is 347 g/mol. The maximum atomic E-state index is 12.1. The lowest BCUT2D eigenvalue weighted by Gasteiger charge is -2.28. The van der Waals surface area contributed by atoms with Crippen LogP contribution in [0.15, 0.2) is 30.6 Å². The number of hydrogen-bond donors (Lipinski definition) is 3. The molecule has 0 unspecified atom stereocenters. The molecule has 1 aliphatic rings. The summed E-state index contributed by atoms with van der Waals surface area (Å²) in [5.74, 6) is 0.750. The molecule has 1 aliphatic heterocycles. The topological polar surface area (TPSA) is 96.2 Å². The van der Waals surface area contributed by atoms with E-state index in [9.17, 15) is 4.79 Å². The van der Waals surface area contributed by atoms with E-state index >= 15 is 0 Å². The summed E-state index contributed by atoms with van der Waals surface area (Å²) >= 11 is 5.89. The van der Waals surface area contributed by atoms with E-state index in [4.69, 9.17) is 17.3 Å². The number of halogens is 1. The molecular weight excluding hydrogens is 328 g/mol. The molecular formula is C16H19ClN6O. The zero-order valence-electron chi connectivity index (χ0n) is 13.1. The average Bonchev–Trinajstić information content (AvgIpc) is 2.61. The molecule has 0 spiro atoms. The minimum atomic E-state index is -0.324. The molecule has 1 aromatic carbocycles. The second-order valence-electron chi connectivity index (χ2n) is 5.60. The first-order chi connectivity index (χ1) is 11.6. The van der Waals surface area contributed by atoms with Crippen LogP contribution in [0.3, 0.4) is 0 Å². The van der Waals surface area contributed by atoms with Crippen molar-refractivity contribution >= 4 is 34.8 Å². The number of piperidine rings is 1. The van der Waals surface area contributed by atoms with Crippen molar-refractivity contribution in [3.05, 3.63) is 41.2 Å². The Kier molecular flexibility index (Phi) is 5.00. The molecule has 8 heteroatoms. The second kappa shape index (κ2) is 7.35. The number of nitrogens with zero attached hydrogens (tertiary/aromatic N) is 3. The number of nitrogen functional groups attached to an aromatic ring is 1. The van der Waals surface area contributed by atoms with Crippen LogP contribution in [-0.4, -0.2) is 29.0 Å². The van der Waals surface area contributed by atoms with E-state index in [1.807, 2.05) is 0 Å². The van der Waals surface area contributed by atoms with Crippen molar-refractivity contribution in [3.63, 3.8) is 0 Å². The van der Waals surface area contributed by atoms with Crippen LogP contribution in [0.5, 0.6) is 0 Å². The Balaban J connectivity index is 1.70. The molecule has 0 radical (unpaired) electrons. The fraction of sp³-hybridized carbons (Fsp3) is 0.312. The largest absolute Gasteiger partial charge is 0.393 e. The zero-order chi connectivity index (χ0) is 16.9. The van der Waals surface area contributed by atoms with Crippen molar-refractivity contribution in [1.82, 2.24) is 15.4 Å². The lowest BCUT2D eigenvalue weighted by atomic mass is 10.1. The molecule has 2 aromatic rings. The van der Waals surface area contributed by atoms with Crippen LogP contribution in [0.2, 0.25) is 5.02 Å². The SMILES string of the molecule is Nc1c(NNC(=O)c2cccc(Cl)c2)ncnc1N1CCCCC1. The number of carbonyl (C=O) groups excluding carboxylic acids is 1. The molecule has 0 saturated carbocycles. The van der Waals surface area contributed by atoms with Crippen LogP contribution in [-0.2, 0) is 0 Å². The van der Waals surface area contributed by atoms with Gasteiger partial charge in [-0.2, -0.15) is 0 Å². The van der Waals surface area contributed by atoms with Crippen molar-refractivity contribution < 1.29 is 4.79 Å². The smallest absolute Gasteiger partial charge is 0.269 e. The van der Waals surface area contributed by atoms with Crippen LogP contribution in [0.4, 0.5) is 17.3 Å². The number of anilines is 3. The van der Waals surface area contributed by atoms with Gasteiger partial charge in [-0.1, -0.05) is 17.7 Å². The van der Waals surface area contributed by atoms with Gasteiger partial charge in [0.15, 0.2) is 11.6 Å². The van der Waals surface area contributed by atoms with Crippen molar-refractivity contribution in [2.75, 3.05) is 29.1 Å². The minimum Gasteiger partial charge on any atom is -0.393 e. The predicted octanol–water partition coefficient (Wildman–Crippen LogP) is 2.46. The highest BCUT2D eigenvalue weighted by atomic mass is 35.5. The Morgan fingerprint density at radius 2 is 2.00 bits per heavy atom. The molecule has 7 nitrogen and oxygen atoms in total. The summed E-state index contributed by atoms with van der Waals surface area (Å²) in [5.41, 5.74) is 12.4. The lowest BCUT2D eigenvalue weighted by Crippen LogP contribution is -2.33. The normalized spacial score (nSPS) is 14.3. The number of amides is 1. The summed E-state index contributed by atoms with van der Waals surface area (Å²) < 4.78 is 0. The molecule has 1 saturated heterocycles. The third-order valence-corrected chi connectivity index (χ3v) is 4.13. The number of nitrogens with two attached hydrogens (primary N) is 1. The number of rotatable bonds is 4. The lowest BCUT2D eigenvalue weighted by molar-refractivity contribution is 0.0962. The zero-order valence-corrected chi connectivity index (χ0v) is 13.9. The van der Waals surface area contributed by atoms with Gasteiger partial charge in [-0.15, -0.1) is 0 Å². The van der Waals surface area contributed by atoms with Crippen LogP contribution in [0, 0.1) is 0 Å². The summed E-state index contributed by atoms with van der Waals surface area (Å²) in [7, 11) is 0. The summed E-state index contributed by atoms with van der Waals surface area (Å²) in [6.07, 6.45) is 4.91. The van der Waals surface area contributed by atoms with Crippen LogP contribution in [0.1, 0.15) is 29.6 Å². The van der Waals surface area contributed by atoms with Crippen LogP contribution < -0.4 is 21.5 Å². The molecule has 3 rings (SSSR count). The standard InChI is InChI=1S/C16H19ClN6O/c17-12-6-4-5-11(9-12)16(24)22-21-14-13(18)15(20-10-19-14)23-7-2-1-3-8-23/h4-6,9-10H,1-3,7-8,18H2,(H,22,24)(H,19,20,21). The molecule has 2 heterocycles. The molecule has 1 amide bonds. The quantitative estimate of drug-likeness (QED) is 0.736. The monoisotopic (exact) mass is 346 g/mol. The number of benzene rings is 1. The van der Waals surface area contributed by atoms with Gasteiger partial charge < -0.3 is 10.6 Å². The van der Waals surface area contributed by atoms with Gasteiger partial charge in [0, 0.05) is 23.7 Å². The molecule has 0 bridgehead atoms. The fourth-order valence-electron chi connectivity index (χ4n) is 2.66. The maximum absolute atomic E-state index is 12.1. The van der Waals surface area contributed by atoms with Gasteiger partial charge in [-0.25, -0.2) is 9.97 Å². The molecule has 24 heavy (non-hydrogen) atoms. The Morgan fingerprint density at radius 1 is 1.21 bits per heavy atom. The molecule has 126 valence electrons. The van der Waals surface area contributed by atoms with Gasteiger partial charge in [0.2, 0.25) is 0 Å². The van der Waals surface area contributed by atoms with E-state index in [-0.39, 0.29) is 5.91 Å². The number of hydrogen-bond acceptors (Lipinski definition) is 6. The van der Waals surface area contributed by atoms with Crippen molar-refractivity contribution in [2.45, 2.75) is 19.3 Å². The van der Waals surface area contributed by atoms with Crippen molar-refractivity contribution in [1.29, 1.82) is 0 Å². The molecule has 1 aromatic heterocycles. The number of carbonyl (C=O) groups is 1. The first-order valence-corrected chi connectivity index (χ1v) is 8.20. The third kappa shape index (κ3) is 3.68. The highest BCUT2D eigenvalue weighted by Crippen LogP contribution is 2.27. The summed E-state index contributed by atoms with van der Waals surface area (Å²) in [6.45, 7) is 1.85. The van der Waals surface area contributed by atoms with Gasteiger partial charge >= 0.3 is 0 Å². The Bertz CT molecular complexity index is 732. The molecule has 4 N–H and O–H groups in total. The van der Waals surface area contributed by atoms with Crippen molar-refractivity contribution in [2.24, 2.45) is 0 Å². The Labute approximate surface area is 145 Å². The van der Waals surface area contributed by atoms with Crippen LogP contribution in [0.25, 0.3) is 0 Å². The Hall–Kier alpha value is -2.54. The predicted molar refractivity (Wildman–Crippen MR) is 95.0 cm³/mol.